The molecule has 2 aliphatic heterocycles. The fourth-order valence-electron chi connectivity index (χ4n) is 5.06. The van der Waals surface area contributed by atoms with Crippen LogP contribution in [0.3, 0.4) is 0 Å². The minimum atomic E-state index is -3.98. The number of imidazole rings is 1. The Balaban J connectivity index is 1.44. The van der Waals surface area contributed by atoms with Crippen LogP contribution in [0.1, 0.15) is 54.7 Å². The molecule has 0 saturated carbocycles. The van der Waals surface area contributed by atoms with E-state index in [0.717, 1.165) is 41.4 Å². The topological polar surface area (TPSA) is 105 Å². The zero-order chi connectivity index (χ0) is 26.9. The lowest BCUT2D eigenvalue weighted by atomic mass is 10.0. The fourth-order valence-corrected chi connectivity index (χ4v) is 5.98. The summed E-state index contributed by atoms with van der Waals surface area (Å²) in [6, 6.07) is 8.15. The van der Waals surface area contributed by atoms with Gasteiger partial charge < -0.3 is 14.4 Å². The van der Waals surface area contributed by atoms with Gasteiger partial charge in [-0.15, -0.1) is 0 Å². The molecule has 1 unspecified atom stereocenters. The van der Waals surface area contributed by atoms with Crippen molar-refractivity contribution in [2.24, 2.45) is 0 Å². The lowest BCUT2D eigenvalue weighted by Gasteiger charge is -2.29. The molecule has 2 saturated heterocycles. The molecule has 204 valence electrons. The average Bonchev–Trinajstić information content (AvgIpc) is 3.65. The number of nitrogens with one attached hydrogen (secondary N) is 1. The smallest absolute Gasteiger partial charge is 0.303 e. The number of carbonyl (C=O) groups excluding carboxylic acids is 1. The van der Waals surface area contributed by atoms with Gasteiger partial charge in [-0.2, -0.15) is 12.7 Å². The standard InChI is InChI=1S/C26H32FN5O5S/c1-3-11-30(2)38(34,35)29-26(33)23-15-28-25-9-7-19(16-32(23)25)31-12-4-5-22(31)21-14-18(27)6-8-24(21)37-20-10-13-36-17-20/h6-9,14-16,20,22H,3-5,10-13,17H2,1-2H3,(H,29,33)/t20?,22-/m1/s1. The number of hydrogen-bond donors (Lipinski definition) is 1. The number of benzene rings is 1. The van der Waals surface area contributed by atoms with E-state index >= 15 is 0 Å². The Hall–Kier alpha value is -3.22. The van der Waals surface area contributed by atoms with Crippen LogP contribution in [0.4, 0.5) is 10.1 Å². The number of ether oxygens (including phenoxy) is 2. The number of rotatable bonds is 9. The molecular weight excluding hydrogens is 513 g/mol. The fraction of sp³-hybridized carbons (Fsp3) is 0.462. The Bertz CT molecular complexity index is 1420. The molecular formula is C26H32FN5O5S. The van der Waals surface area contributed by atoms with E-state index in [-0.39, 0.29) is 30.2 Å². The van der Waals surface area contributed by atoms with E-state index in [9.17, 15) is 17.6 Å². The molecule has 1 N–H and O–H groups in total. The molecule has 1 aromatic carbocycles. The van der Waals surface area contributed by atoms with Crippen LogP contribution < -0.4 is 14.4 Å². The van der Waals surface area contributed by atoms with Crippen molar-refractivity contribution >= 4 is 27.5 Å². The lowest BCUT2D eigenvalue weighted by molar-refractivity contribution is 0.0973. The largest absolute Gasteiger partial charge is 0.488 e. The number of amides is 1. The van der Waals surface area contributed by atoms with Crippen LogP contribution in [-0.2, 0) is 14.9 Å². The first-order chi connectivity index (χ1) is 18.3. The molecule has 4 heterocycles. The molecule has 2 fully saturated rings. The maximum Gasteiger partial charge on any atom is 0.303 e. The number of fused-ring (bicyclic) bond motifs is 1. The molecule has 0 radical (unpaired) electrons. The summed E-state index contributed by atoms with van der Waals surface area (Å²) < 4.78 is 55.9. The Morgan fingerprint density at radius 3 is 2.89 bits per heavy atom. The third kappa shape index (κ3) is 5.33. The van der Waals surface area contributed by atoms with Crippen LogP contribution in [0.25, 0.3) is 5.65 Å². The van der Waals surface area contributed by atoms with Crippen molar-refractivity contribution < 1.29 is 27.1 Å². The van der Waals surface area contributed by atoms with Crippen LogP contribution in [-0.4, -0.2) is 67.5 Å². The molecule has 0 aliphatic carbocycles. The molecule has 2 aromatic heterocycles. The zero-order valence-electron chi connectivity index (χ0n) is 21.5. The molecule has 0 bridgehead atoms. The average molecular weight is 546 g/mol. The summed E-state index contributed by atoms with van der Waals surface area (Å²) in [5.41, 5.74) is 2.17. The lowest BCUT2D eigenvalue weighted by Crippen LogP contribution is -2.42. The number of aromatic nitrogens is 2. The van der Waals surface area contributed by atoms with Crippen molar-refractivity contribution in [1.29, 1.82) is 0 Å². The summed E-state index contributed by atoms with van der Waals surface area (Å²) in [5.74, 6) is -0.459. The van der Waals surface area contributed by atoms with E-state index in [1.807, 2.05) is 13.0 Å². The Morgan fingerprint density at radius 2 is 2.13 bits per heavy atom. The van der Waals surface area contributed by atoms with Gasteiger partial charge in [0.05, 0.1) is 31.1 Å². The van der Waals surface area contributed by atoms with Crippen LogP contribution in [0, 0.1) is 5.82 Å². The first kappa shape index (κ1) is 26.4. The second kappa shape index (κ2) is 10.9. The molecule has 12 heteroatoms. The Kier molecular flexibility index (Phi) is 7.55. The highest BCUT2D eigenvalue weighted by Gasteiger charge is 2.31. The predicted molar refractivity (Wildman–Crippen MR) is 140 cm³/mol. The van der Waals surface area contributed by atoms with E-state index < -0.39 is 16.1 Å². The number of halogens is 1. The summed E-state index contributed by atoms with van der Waals surface area (Å²) in [5, 5.41) is 0. The first-order valence-electron chi connectivity index (χ1n) is 12.8. The maximum atomic E-state index is 14.4. The first-order valence-corrected chi connectivity index (χ1v) is 14.3. The van der Waals surface area contributed by atoms with Crippen LogP contribution in [0.15, 0.2) is 42.7 Å². The van der Waals surface area contributed by atoms with Crippen molar-refractivity contribution in [3.8, 4) is 5.75 Å². The number of anilines is 1. The SMILES string of the molecule is CCCN(C)S(=O)(=O)NC(=O)c1cnc2ccc(N3CCC[C@@H]3c3cc(F)ccc3OC3CCOC3)cn12. The maximum absolute atomic E-state index is 14.4. The molecule has 2 aliphatic rings. The zero-order valence-corrected chi connectivity index (χ0v) is 22.3. The number of pyridine rings is 1. The number of carbonyl (C=O) groups is 1. The van der Waals surface area contributed by atoms with Crippen LogP contribution >= 0.6 is 0 Å². The van der Waals surface area contributed by atoms with Gasteiger partial charge in [0.1, 0.15) is 29.0 Å². The van der Waals surface area contributed by atoms with Gasteiger partial charge in [0.15, 0.2) is 0 Å². The highest BCUT2D eigenvalue weighted by Crippen LogP contribution is 2.41. The number of nitrogens with zero attached hydrogens (tertiary/aromatic N) is 4. The second-order valence-corrected chi connectivity index (χ2v) is 11.4. The molecule has 38 heavy (non-hydrogen) atoms. The Labute approximate surface area is 221 Å². The van der Waals surface area contributed by atoms with Gasteiger partial charge in [0, 0.05) is 38.3 Å². The molecule has 1 amide bonds. The number of hydrogen-bond acceptors (Lipinski definition) is 7. The quantitative estimate of drug-likeness (QED) is 0.440. The van der Waals surface area contributed by atoms with Gasteiger partial charge in [0.2, 0.25) is 0 Å². The van der Waals surface area contributed by atoms with E-state index in [4.69, 9.17) is 9.47 Å². The van der Waals surface area contributed by atoms with Gasteiger partial charge in [-0.25, -0.2) is 14.1 Å². The van der Waals surface area contributed by atoms with E-state index in [0.29, 0.717) is 31.0 Å². The molecule has 10 nitrogen and oxygen atoms in total. The van der Waals surface area contributed by atoms with Crippen molar-refractivity contribution in [2.75, 3.05) is 38.3 Å². The van der Waals surface area contributed by atoms with Gasteiger partial charge in [-0.3, -0.25) is 9.20 Å². The second-order valence-electron chi connectivity index (χ2n) is 9.65. The van der Waals surface area contributed by atoms with Crippen molar-refractivity contribution in [2.45, 2.75) is 44.8 Å². The molecule has 5 rings (SSSR count). The summed E-state index contributed by atoms with van der Waals surface area (Å²) in [7, 11) is -2.56. The minimum absolute atomic E-state index is 0.0647. The van der Waals surface area contributed by atoms with Gasteiger partial charge >= 0.3 is 10.2 Å². The highest BCUT2D eigenvalue weighted by molar-refractivity contribution is 7.87. The summed E-state index contributed by atoms with van der Waals surface area (Å²) >= 11 is 0. The summed E-state index contributed by atoms with van der Waals surface area (Å²) in [6.07, 6.45) is 6.16. The normalized spacial score (nSPS) is 19.9. The monoisotopic (exact) mass is 545 g/mol. The van der Waals surface area contributed by atoms with Gasteiger partial charge in [-0.1, -0.05) is 6.92 Å². The summed E-state index contributed by atoms with van der Waals surface area (Å²) in [6.45, 7) is 4.03. The van der Waals surface area contributed by atoms with Crippen LogP contribution in [0.2, 0.25) is 0 Å². The van der Waals surface area contributed by atoms with Crippen molar-refractivity contribution in [3.05, 3.63) is 59.8 Å². The van der Waals surface area contributed by atoms with Gasteiger partial charge in [0.25, 0.3) is 5.91 Å². The predicted octanol–water partition coefficient (Wildman–Crippen LogP) is 3.30. The molecule has 0 spiro atoms. The molecule has 2 atom stereocenters. The third-order valence-corrected chi connectivity index (χ3v) is 8.44. The Morgan fingerprint density at radius 1 is 1.29 bits per heavy atom. The van der Waals surface area contributed by atoms with E-state index in [1.54, 1.807) is 22.7 Å². The van der Waals surface area contributed by atoms with Crippen molar-refractivity contribution in [3.63, 3.8) is 0 Å². The van der Waals surface area contributed by atoms with Crippen LogP contribution in [0.5, 0.6) is 5.75 Å². The van der Waals surface area contributed by atoms with Crippen molar-refractivity contribution in [1.82, 2.24) is 18.4 Å². The van der Waals surface area contributed by atoms with Gasteiger partial charge in [-0.05, 0) is 49.6 Å². The highest BCUT2D eigenvalue weighted by atomic mass is 32.2. The van der Waals surface area contributed by atoms with E-state index in [1.165, 1.54) is 25.4 Å². The minimum Gasteiger partial charge on any atom is -0.488 e. The van der Waals surface area contributed by atoms with E-state index in [2.05, 4.69) is 14.6 Å². The molecule has 3 aromatic rings. The summed E-state index contributed by atoms with van der Waals surface area (Å²) in [4.78, 5) is 19.4. The third-order valence-electron chi connectivity index (χ3n) is 6.99.